The van der Waals surface area contributed by atoms with Crippen molar-refractivity contribution < 1.29 is 9.59 Å². The lowest BCUT2D eigenvalue weighted by Crippen LogP contribution is -2.55. The fourth-order valence-electron chi connectivity index (χ4n) is 4.58. The van der Waals surface area contributed by atoms with Crippen LogP contribution in [-0.2, 0) is 9.59 Å². The Morgan fingerprint density at radius 1 is 1.37 bits per heavy atom. The minimum atomic E-state index is -0.0919. The molecule has 0 bridgehead atoms. The summed E-state index contributed by atoms with van der Waals surface area (Å²) in [6.45, 7) is 9.25. The molecule has 1 N–H and O–H groups in total. The van der Waals surface area contributed by atoms with E-state index < -0.39 is 0 Å². The first-order valence-electron chi connectivity index (χ1n) is 11.3. The van der Waals surface area contributed by atoms with Crippen molar-refractivity contribution in [1.29, 1.82) is 0 Å². The maximum absolute atomic E-state index is 12.1. The minimum absolute atomic E-state index is 0.0129. The van der Waals surface area contributed by atoms with Crippen molar-refractivity contribution in [1.82, 2.24) is 25.0 Å². The summed E-state index contributed by atoms with van der Waals surface area (Å²) in [5.74, 6) is 1.01. The Kier molecular flexibility index (Phi) is 6.88. The molecule has 1 saturated heterocycles. The molecule has 10 heteroatoms. The molecule has 3 heterocycles. The van der Waals surface area contributed by atoms with Gasteiger partial charge in [-0.3, -0.25) is 19.7 Å². The Balaban J connectivity index is 1.82. The van der Waals surface area contributed by atoms with Gasteiger partial charge < -0.3 is 14.7 Å². The third kappa shape index (κ3) is 4.39. The number of piperazine rings is 1. The normalized spacial score (nSPS) is 16.5. The molecule has 2 amide bonds. The molecule has 35 heavy (non-hydrogen) atoms. The number of amidine groups is 1. The second kappa shape index (κ2) is 9.87. The number of anilines is 1. The number of hydrogen-bond donors (Lipinski definition) is 1. The van der Waals surface area contributed by atoms with Crippen LogP contribution < -0.4 is 4.90 Å². The highest BCUT2D eigenvalue weighted by molar-refractivity contribution is 6.34. The van der Waals surface area contributed by atoms with Crippen LogP contribution in [-0.4, -0.2) is 82.9 Å². The Hall–Kier alpha value is -3.72. The Morgan fingerprint density at radius 3 is 2.80 bits per heavy atom. The number of fused-ring (bicyclic) bond motifs is 1. The number of pyridine rings is 1. The predicted octanol–water partition coefficient (Wildman–Crippen LogP) is 3.27. The van der Waals surface area contributed by atoms with E-state index in [1.807, 2.05) is 32.0 Å². The van der Waals surface area contributed by atoms with Crippen LogP contribution >= 0.6 is 11.6 Å². The number of nitrogens with zero attached hydrogens (tertiary/aromatic N) is 6. The zero-order valence-electron chi connectivity index (χ0n) is 20.2. The maximum atomic E-state index is 12.1. The van der Waals surface area contributed by atoms with E-state index in [9.17, 15) is 9.59 Å². The SMILES string of the molecule is C=CC(=O)N1CCN(C(=NC)c2cc(Cl)c(-c3c(C)ccc4[nH]ncc34)nc2N(C)C=O)C(C)C1. The van der Waals surface area contributed by atoms with Gasteiger partial charge in [0, 0.05) is 50.7 Å². The topological polar surface area (TPSA) is 97.8 Å². The van der Waals surface area contributed by atoms with Crippen molar-refractivity contribution in [2.45, 2.75) is 19.9 Å². The van der Waals surface area contributed by atoms with Gasteiger partial charge >= 0.3 is 0 Å². The molecule has 9 nitrogen and oxygen atoms in total. The van der Waals surface area contributed by atoms with E-state index in [2.05, 4.69) is 26.7 Å². The quantitative estimate of drug-likeness (QED) is 0.254. The Morgan fingerprint density at radius 2 is 2.14 bits per heavy atom. The standard InChI is InChI=1S/C25H28ClN7O2/c1-6-21(35)32-9-10-33(16(3)13-32)24(27-4)17-11-19(26)23(29-25(17)31(5)14-34)22-15(2)7-8-20-18(22)12-28-30-20/h6-8,11-12,14,16H,1,9-10,13H2,2-5H3,(H,28,30). The number of nitrogens with one attached hydrogen (secondary N) is 1. The Bertz CT molecular complexity index is 1330. The average Bonchev–Trinajstić information content (AvgIpc) is 3.33. The summed E-state index contributed by atoms with van der Waals surface area (Å²) < 4.78 is 0. The molecule has 1 aliphatic heterocycles. The molecule has 1 aromatic carbocycles. The molecule has 3 aromatic rings. The van der Waals surface area contributed by atoms with Gasteiger partial charge in [0.25, 0.3) is 0 Å². The molecule has 182 valence electrons. The summed E-state index contributed by atoms with van der Waals surface area (Å²) in [5, 5.41) is 8.48. The third-order valence-corrected chi connectivity index (χ3v) is 6.64. The fraction of sp³-hybridized carbons (Fsp3) is 0.320. The Labute approximate surface area is 209 Å². The summed E-state index contributed by atoms with van der Waals surface area (Å²) in [5.41, 5.74) is 3.92. The lowest BCUT2D eigenvalue weighted by molar-refractivity contribution is -0.128. The number of aryl methyl sites for hydroxylation is 1. The van der Waals surface area contributed by atoms with Gasteiger partial charge in [0.05, 0.1) is 28.0 Å². The number of H-pyrrole nitrogens is 1. The van der Waals surface area contributed by atoms with Crippen LogP contribution in [0.2, 0.25) is 5.02 Å². The molecule has 1 aliphatic rings. The number of rotatable bonds is 5. The minimum Gasteiger partial charge on any atom is -0.350 e. The smallest absolute Gasteiger partial charge is 0.246 e. The van der Waals surface area contributed by atoms with Crippen LogP contribution in [0.25, 0.3) is 22.2 Å². The van der Waals surface area contributed by atoms with Crippen LogP contribution in [0.5, 0.6) is 0 Å². The number of hydrogen-bond acceptors (Lipinski definition) is 5. The first-order chi connectivity index (χ1) is 16.8. The molecule has 1 unspecified atom stereocenters. The molecule has 0 spiro atoms. The number of benzene rings is 1. The van der Waals surface area contributed by atoms with Crippen molar-refractivity contribution in [3.63, 3.8) is 0 Å². The van der Waals surface area contributed by atoms with E-state index >= 15 is 0 Å². The molecular formula is C25H28ClN7O2. The van der Waals surface area contributed by atoms with Crippen molar-refractivity contribution in [2.24, 2.45) is 4.99 Å². The summed E-state index contributed by atoms with van der Waals surface area (Å²) in [6, 6.07) is 5.74. The van der Waals surface area contributed by atoms with Crippen LogP contribution in [0.4, 0.5) is 5.82 Å². The number of aromatic nitrogens is 3. The molecular weight excluding hydrogens is 466 g/mol. The highest BCUT2D eigenvalue weighted by Gasteiger charge is 2.31. The molecule has 2 aromatic heterocycles. The van der Waals surface area contributed by atoms with E-state index in [0.29, 0.717) is 54.0 Å². The lowest BCUT2D eigenvalue weighted by atomic mass is 9.99. The van der Waals surface area contributed by atoms with E-state index in [1.165, 1.54) is 11.0 Å². The zero-order chi connectivity index (χ0) is 25.3. The average molecular weight is 494 g/mol. The molecule has 0 aliphatic carbocycles. The molecule has 0 radical (unpaired) electrons. The highest BCUT2D eigenvalue weighted by atomic mass is 35.5. The zero-order valence-corrected chi connectivity index (χ0v) is 21.0. The number of aromatic amines is 1. The maximum Gasteiger partial charge on any atom is 0.246 e. The summed E-state index contributed by atoms with van der Waals surface area (Å²) in [4.78, 5) is 38.7. The summed E-state index contributed by atoms with van der Waals surface area (Å²) >= 11 is 6.85. The van der Waals surface area contributed by atoms with E-state index in [-0.39, 0.29) is 11.9 Å². The largest absolute Gasteiger partial charge is 0.350 e. The van der Waals surface area contributed by atoms with Gasteiger partial charge in [-0.05, 0) is 37.6 Å². The highest BCUT2D eigenvalue weighted by Crippen LogP contribution is 2.37. The number of carbonyl (C=O) groups is 2. The van der Waals surface area contributed by atoms with Crippen molar-refractivity contribution in [3.05, 3.63) is 53.2 Å². The summed E-state index contributed by atoms with van der Waals surface area (Å²) in [7, 11) is 3.35. The second-order valence-electron chi connectivity index (χ2n) is 8.57. The van der Waals surface area contributed by atoms with Crippen molar-refractivity contribution in [2.75, 3.05) is 38.6 Å². The molecule has 1 atom stereocenters. The first-order valence-corrected chi connectivity index (χ1v) is 11.6. The van der Waals surface area contributed by atoms with E-state index in [1.54, 1.807) is 25.2 Å². The lowest BCUT2D eigenvalue weighted by Gasteiger charge is -2.41. The number of carbonyl (C=O) groups excluding carboxylic acids is 2. The molecule has 0 saturated carbocycles. The van der Waals surface area contributed by atoms with Gasteiger partial charge in [0.2, 0.25) is 12.3 Å². The molecule has 1 fully saturated rings. The van der Waals surface area contributed by atoms with Gasteiger partial charge in [-0.15, -0.1) is 0 Å². The number of amides is 2. The van der Waals surface area contributed by atoms with Crippen LogP contribution in [0.15, 0.2) is 42.0 Å². The van der Waals surface area contributed by atoms with Gasteiger partial charge in [0.15, 0.2) is 0 Å². The van der Waals surface area contributed by atoms with Crippen molar-refractivity contribution in [3.8, 4) is 11.3 Å². The fourth-order valence-corrected chi connectivity index (χ4v) is 4.83. The van der Waals surface area contributed by atoms with E-state index in [0.717, 1.165) is 22.0 Å². The number of halogens is 1. The van der Waals surface area contributed by atoms with Gasteiger partial charge in [-0.1, -0.05) is 24.2 Å². The van der Waals surface area contributed by atoms with Gasteiger partial charge in [-0.25, -0.2) is 4.98 Å². The summed E-state index contributed by atoms with van der Waals surface area (Å²) in [6.07, 6.45) is 3.79. The predicted molar refractivity (Wildman–Crippen MR) is 139 cm³/mol. The number of aliphatic imine (C=N–C) groups is 1. The third-order valence-electron chi connectivity index (χ3n) is 6.36. The molecule has 4 rings (SSSR count). The van der Waals surface area contributed by atoms with Gasteiger partial charge in [0.1, 0.15) is 11.7 Å². The monoisotopic (exact) mass is 493 g/mol. The van der Waals surface area contributed by atoms with E-state index in [4.69, 9.17) is 16.6 Å². The van der Waals surface area contributed by atoms with Crippen LogP contribution in [0, 0.1) is 6.92 Å². The van der Waals surface area contributed by atoms with Crippen LogP contribution in [0.1, 0.15) is 18.1 Å². The van der Waals surface area contributed by atoms with Crippen LogP contribution in [0.3, 0.4) is 0 Å². The second-order valence-corrected chi connectivity index (χ2v) is 8.98. The van der Waals surface area contributed by atoms with Crippen molar-refractivity contribution >= 4 is 46.5 Å². The first kappa shape index (κ1) is 24.4. The van der Waals surface area contributed by atoms with Gasteiger partial charge in [-0.2, -0.15) is 5.10 Å².